The fourth-order valence-corrected chi connectivity index (χ4v) is 4.89. The molecular weight excluding hydrogens is 422 g/mol. The van der Waals surface area contributed by atoms with Gasteiger partial charge in [-0.2, -0.15) is 0 Å². The summed E-state index contributed by atoms with van der Waals surface area (Å²) >= 11 is 1.53. The quantitative estimate of drug-likeness (QED) is 0.564. The number of piperazine rings is 1. The fraction of sp³-hybridized carbons (Fsp3) is 0.320. The Bertz CT molecular complexity index is 1070. The molecule has 0 saturated carbocycles. The van der Waals surface area contributed by atoms with Crippen molar-refractivity contribution in [3.63, 3.8) is 0 Å². The topological polar surface area (TPSA) is 62.7 Å². The van der Waals surface area contributed by atoms with Crippen molar-refractivity contribution in [1.82, 2.24) is 14.8 Å². The number of amides is 2. The van der Waals surface area contributed by atoms with Crippen molar-refractivity contribution in [1.29, 1.82) is 0 Å². The third-order valence-corrected chi connectivity index (χ3v) is 6.64. The Labute approximate surface area is 192 Å². The first-order valence-electron chi connectivity index (χ1n) is 10.8. The molecule has 0 bridgehead atoms. The minimum absolute atomic E-state index is 0.0283. The molecule has 1 aromatic heterocycles. The molecule has 6 nitrogen and oxygen atoms in total. The molecular formula is C25H27N3O3S. The van der Waals surface area contributed by atoms with Gasteiger partial charge in [0, 0.05) is 33.0 Å². The van der Waals surface area contributed by atoms with Crippen molar-refractivity contribution in [3.05, 3.63) is 71.4 Å². The van der Waals surface area contributed by atoms with Crippen molar-refractivity contribution >= 4 is 23.2 Å². The molecule has 7 heteroatoms. The Morgan fingerprint density at radius 1 is 1.06 bits per heavy atom. The van der Waals surface area contributed by atoms with Gasteiger partial charge in [-0.1, -0.05) is 48.5 Å². The SMILES string of the molecule is CC(=O)N1CCN(C(=O)c2nc(C)sc2-c2ccccc2)C(CCOc2ccccc2)C1. The molecule has 0 N–H and O–H groups in total. The van der Waals surface area contributed by atoms with E-state index < -0.39 is 0 Å². The van der Waals surface area contributed by atoms with Crippen molar-refractivity contribution in [2.24, 2.45) is 0 Å². The van der Waals surface area contributed by atoms with E-state index in [1.807, 2.05) is 72.5 Å². The van der Waals surface area contributed by atoms with Crippen molar-refractivity contribution in [2.45, 2.75) is 26.3 Å². The molecule has 3 aromatic rings. The molecule has 1 atom stereocenters. The molecule has 4 rings (SSSR count). The Morgan fingerprint density at radius 2 is 1.75 bits per heavy atom. The second kappa shape index (κ2) is 9.96. The van der Waals surface area contributed by atoms with Crippen LogP contribution in [0.15, 0.2) is 60.7 Å². The highest BCUT2D eigenvalue weighted by Gasteiger charge is 2.34. The van der Waals surface area contributed by atoms with E-state index in [9.17, 15) is 9.59 Å². The second-order valence-electron chi connectivity index (χ2n) is 7.84. The number of hydrogen-bond donors (Lipinski definition) is 0. The number of hydrogen-bond acceptors (Lipinski definition) is 5. The normalized spacial score (nSPS) is 16.1. The molecule has 0 radical (unpaired) electrons. The molecule has 1 unspecified atom stereocenters. The van der Waals surface area contributed by atoms with Crippen LogP contribution < -0.4 is 4.74 Å². The Kier molecular flexibility index (Phi) is 6.85. The van der Waals surface area contributed by atoms with Crippen LogP contribution in [0.25, 0.3) is 10.4 Å². The average Bonchev–Trinajstić information content (AvgIpc) is 3.21. The first-order valence-corrected chi connectivity index (χ1v) is 11.6. The molecule has 166 valence electrons. The zero-order valence-corrected chi connectivity index (χ0v) is 19.2. The molecule has 2 aromatic carbocycles. The van der Waals surface area contributed by atoms with E-state index in [1.165, 1.54) is 11.3 Å². The number of thiazole rings is 1. The third kappa shape index (κ3) is 4.99. The van der Waals surface area contributed by atoms with E-state index in [0.29, 0.717) is 38.4 Å². The summed E-state index contributed by atoms with van der Waals surface area (Å²) in [4.78, 5) is 34.8. The summed E-state index contributed by atoms with van der Waals surface area (Å²) in [6.07, 6.45) is 0.633. The van der Waals surface area contributed by atoms with Gasteiger partial charge in [0.15, 0.2) is 0 Å². The van der Waals surface area contributed by atoms with Gasteiger partial charge in [0.1, 0.15) is 11.4 Å². The van der Waals surface area contributed by atoms with E-state index in [1.54, 1.807) is 11.8 Å². The second-order valence-corrected chi connectivity index (χ2v) is 9.05. The summed E-state index contributed by atoms with van der Waals surface area (Å²) in [7, 11) is 0. The number of rotatable bonds is 6. The van der Waals surface area contributed by atoms with Crippen LogP contribution >= 0.6 is 11.3 Å². The first kappa shape index (κ1) is 22.0. The van der Waals surface area contributed by atoms with Crippen LogP contribution in [0.1, 0.15) is 28.8 Å². The minimum atomic E-state index is -0.130. The van der Waals surface area contributed by atoms with E-state index in [-0.39, 0.29) is 17.9 Å². The molecule has 32 heavy (non-hydrogen) atoms. The van der Waals surface area contributed by atoms with Gasteiger partial charge in [0.25, 0.3) is 5.91 Å². The number of para-hydroxylation sites is 1. The van der Waals surface area contributed by atoms with E-state index in [2.05, 4.69) is 4.98 Å². The van der Waals surface area contributed by atoms with Crippen molar-refractivity contribution < 1.29 is 14.3 Å². The highest BCUT2D eigenvalue weighted by Crippen LogP contribution is 2.32. The average molecular weight is 450 g/mol. The van der Waals surface area contributed by atoms with Crippen molar-refractivity contribution in [3.8, 4) is 16.2 Å². The van der Waals surface area contributed by atoms with Crippen LogP contribution in [0.5, 0.6) is 5.75 Å². The number of ether oxygens (including phenoxy) is 1. The zero-order chi connectivity index (χ0) is 22.5. The molecule has 1 saturated heterocycles. The van der Waals surface area contributed by atoms with Gasteiger partial charge in [0.05, 0.1) is 22.5 Å². The van der Waals surface area contributed by atoms with Crippen LogP contribution in [0.3, 0.4) is 0 Å². The number of aromatic nitrogens is 1. The number of aryl methyl sites for hydroxylation is 1. The highest BCUT2D eigenvalue weighted by atomic mass is 32.1. The minimum Gasteiger partial charge on any atom is -0.494 e. The summed E-state index contributed by atoms with van der Waals surface area (Å²) in [6, 6.07) is 19.4. The van der Waals surface area contributed by atoms with Crippen LogP contribution in [-0.2, 0) is 4.79 Å². The Balaban J connectivity index is 1.54. The number of nitrogens with zero attached hydrogens (tertiary/aromatic N) is 3. The molecule has 1 aliphatic heterocycles. The Morgan fingerprint density at radius 3 is 2.44 bits per heavy atom. The van der Waals surface area contributed by atoms with Crippen LogP contribution in [0.4, 0.5) is 0 Å². The maximum Gasteiger partial charge on any atom is 0.274 e. The van der Waals surface area contributed by atoms with Crippen LogP contribution in [0.2, 0.25) is 0 Å². The maximum absolute atomic E-state index is 13.7. The zero-order valence-electron chi connectivity index (χ0n) is 18.4. The lowest BCUT2D eigenvalue weighted by atomic mass is 10.1. The van der Waals surface area contributed by atoms with Gasteiger partial charge in [-0.15, -0.1) is 11.3 Å². The van der Waals surface area contributed by atoms with E-state index in [0.717, 1.165) is 21.2 Å². The standard InChI is InChI=1S/C25H27N3O3S/c1-18-26-23(24(32-18)20-9-5-3-6-10-20)25(30)28-15-14-27(19(2)29)17-21(28)13-16-31-22-11-7-4-8-12-22/h3-12,21H,13-17H2,1-2H3. The lowest BCUT2D eigenvalue weighted by molar-refractivity contribution is -0.131. The maximum atomic E-state index is 13.7. The van der Waals surface area contributed by atoms with Gasteiger partial charge in [-0.25, -0.2) is 4.98 Å². The summed E-state index contributed by atoms with van der Waals surface area (Å²) < 4.78 is 5.88. The molecule has 1 aliphatic rings. The van der Waals surface area contributed by atoms with Gasteiger partial charge in [-0.3, -0.25) is 9.59 Å². The fourth-order valence-electron chi connectivity index (χ4n) is 3.98. The molecule has 1 fully saturated rings. The van der Waals surface area contributed by atoms with E-state index in [4.69, 9.17) is 4.74 Å². The first-order chi connectivity index (χ1) is 15.5. The Hall–Kier alpha value is -3.19. The number of carbonyl (C=O) groups is 2. The molecule has 0 aliphatic carbocycles. The van der Waals surface area contributed by atoms with Crippen LogP contribution in [-0.4, -0.2) is 58.9 Å². The number of benzene rings is 2. The van der Waals surface area contributed by atoms with E-state index >= 15 is 0 Å². The summed E-state index contributed by atoms with van der Waals surface area (Å²) in [5.74, 6) is 0.743. The predicted molar refractivity (Wildman–Crippen MR) is 126 cm³/mol. The lowest BCUT2D eigenvalue weighted by Crippen LogP contribution is -2.56. The summed E-state index contributed by atoms with van der Waals surface area (Å²) in [5.41, 5.74) is 1.48. The van der Waals surface area contributed by atoms with Crippen LogP contribution in [0, 0.1) is 6.92 Å². The molecule has 2 heterocycles. The van der Waals surface area contributed by atoms with Gasteiger partial charge in [0.2, 0.25) is 5.91 Å². The summed E-state index contributed by atoms with van der Waals surface area (Å²) in [6.45, 7) is 5.48. The van der Waals surface area contributed by atoms with Gasteiger partial charge in [-0.05, 0) is 24.6 Å². The molecule has 0 spiro atoms. The van der Waals surface area contributed by atoms with Gasteiger partial charge >= 0.3 is 0 Å². The smallest absolute Gasteiger partial charge is 0.274 e. The van der Waals surface area contributed by atoms with Gasteiger partial charge < -0.3 is 14.5 Å². The number of carbonyl (C=O) groups excluding carboxylic acids is 2. The highest BCUT2D eigenvalue weighted by molar-refractivity contribution is 7.15. The predicted octanol–water partition coefficient (Wildman–Crippen LogP) is 4.26. The summed E-state index contributed by atoms with van der Waals surface area (Å²) in [5, 5.41) is 0.860. The monoisotopic (exact) mass is 449 g/mol. The largest absolute Gasteiger partial charge is 0.494 e. The van der Waals surface area contributed by atoms with Crippen molar-refractivity contribution in [2.75, 3.05) is 26.2 Å². The lowest BCUT2D eigenvalue weighted by Gasteiger charge is -2.41. The third-order valence-electron chi connectivity index (χ3n) is 5.62. The molecule has 2 amide bonds.